The van der Waals surface area contributed by atoms with Crippen molar-refractivity contribution in [2.45, 2.75) is 6.92 Å². The minimum atomic E-state index is 1.07. The van der Waals surface area contributed by atoms with Gasteiger partial charge in [0, 0.05) is 33.7 Å². The van der Waals surface area contributed by atoms with Crippen molar-refractivity contribution in [3.63, 3.8) is 0 Å². The van der Waals surface area contributed by atoms with Crippen molar-refractivity contribution in [2.24, 2.45) is 0 Å². The number of nitrogens with one attached hydrogen (secondary N) is 1. The molecule has 0 aliphatic carbocycles. The van der Waals surface area contributed by atoms with Crippen molar-refractivity contribution in [2.75, 3.05) is 0 Å². The lowest BCUT2D eigenvalue weighted by molar-refractivity contribution is 1.20. The van der Waals surface area contributed by atoms with Gasteiger partial charge >= 0.3 is 0 Å². The zero-order chi connectivity index (χ0) is 13.8. The average Bonchev–Trinajstić information content (AvgIpc) is 2.87. The summed E-state index contributed by atoms with van der Waals surface area (Å²) in [7, 11) is 0. The van der Waals surface area contributed by atoms with Gasteiger partial charge in [-0.25, -0.2) is 0 Å². The molecule has 0 atom stereocenters. The van der Waals surface area contributed by atoms with Crippen LogP contribution in [0.25, 0.3) is 21.8 Å². The van der Waals surface area contributed by atoms with E-state index in [9.17, 15) is 0 Å². The lowest BCUT2D eigenvalue weighted by atomic mass is 10.2. The van der Waals surface area contributed by atoms with E-state index in [2.05, 4.69) is 58.5 Å². The fraction of sp³-hybridized carbons (Fsp3) is 0.0556. The quantitative estimate of drug-likeness (QED) is 0.487. The molecule has 0 fully saturated rings. The summed E-state index contributed by atoms with van der Waals surface area (Å²) in [5.74, 6) is 0. The SMILES string of the molecule is Cc1ccccn1.c1ccc2c(c1)[nH]c1ccccc12. The van der Waals surface area contributed by atoms with Gasteiger partial charge in [0.25, 0.3) is 0 Å². The first kappa shape index (κ1) is 12.4. The number of aromatic amines is 1. The van der Waals surface area contributed by atoms with Crippen LogP contribution in [0, 0.1) is 6.92 Å². The predicted molar refractivity (Wildman–Crippen MR) is 84.8 cm³/mol. The van der Waals surface area contributed by atoms with Gasteiger partial charge < -0.3 is 4.98 Å². The molecule has 0 aliphatic heterocycles. The number of nitrogens with zero attached hydrogens (tertiary/aromatic N) is 1. The van der Waals surface area contributed by atoms with Gasteiger partial charge in [0.15, 0.2) is 0 Å². The first-order chi connectivity index (χ1) is 9.84. The van der Waals surface area contributed by atoms with Gasteiger partial charge in [0.2, 0.25) is 0 Å². The van der Waals surface area contributed by atoms with E-state index in [-0.39, 0.29) is 0 Å². The molecular formula is C18H16N2. The standard InChI is InChI=1S/C12H9N.C6H7N/c1-3-7-11-9(5-1)10-6-2-4-8-12(10)13-11;1-6-4-2-3-5-7-6/h1-8,13H;2-5H,1H3. The van der Waals surface area contributed by atoms with Gasteiger partial charge in [-0.2, -0.15) is 0 Å². The molecule has 0 unspecified atom stereocenters. The number of rotatable bonds is 0. The zero-order valence-electron chi connectivity index (χ0n) is 11.4. The molecule has 20 heavy (non-hydrogen) atoms. The van der Waals surface area contributed by atoms with Gasteiger partial charge in [0.05, 0.1) is 0 Å². The molecular weight excluding hydrogens is 244 g/mol. The number of hydrogen-bond acceptors (Lipinski definition) is 1. The van der Waals surface area contributed by atoms with E-state index < -0.39 is 0 Å². The van der Waals surface area contributed by atoms with Crippen molar-refractivity contribution < 1.29 is 0 Å². The van der Waals surface area contributed by atoms with E-state index >= 15 is 0 Å². The third-order valence-electron chi connectivity index (χ3n) is 3.23. The number of pyridine rings is 1. The maximum absolute atomic E-state index is 3.98. The van der Waals surface area contributed by atoms with Crippen molar-refractivity contribution in [1.29, 1.82) is 0 Å². The van der Waals surface area contributed by atoms with E-state index in [0.29, 0.717) is 0 Å². The molecule has 0 radical (unpaired) electrons. The van der Waals surface area contributed by atoms with E-state index in [4.69, 9.17) is 0 Å². The van der Waals surface area contributed by atoms with Crippen molar-refractivity contribution in [3.8, 4) is 0 Å². The van der Waals surface area contributed by atoms with Crippen molar-refractivity contribution in [1.82, 2.24) is 9.97 Å². The third-order valence-corrected chi connectivity index (χ3v) is 3.23. The zero-order valence-corrected chi connectivity index (χ0v) is 11.4. The maximum Gasteiger partial charge on any atom is 0.0464 e. The topological polar surface area (TPSA) is 28.7 Å². The highest BCUT2D eigenvalue weighted by Gasteiger charge is 2.00. The molecule has 2 nitrogen and oxygen atoms in total. The lowest BCUT2D eigenvalue weighted by Gasteiger charge is -1.87. The second-order valence-corrected chi connectivity index (χ2v) is 4.69. The largest absolute Gasteiger partial charge is 0.355 e. The Bertz CT molecular complexity index is 766. The molecule has 0 aliphatic rings. The van der Waals surface area contributed by atoms with Crippen LogP contribution in [0.15, 0.2) is 72.9 Å². The molecule has 2 heterocycles. The van der Waals surface area contributed by atoms with E-state index in [1.807, 2.05) is 25.1 Å². The number of benzene rings is 2. The van der Waals surface area contributed by atoms with Crippen LogP contribution >= 0.6 is 0 Å². The molecule has 0 saturated carbocycles. The Balaban J connectivity index is 0.000000147. The highest BCUT2D eigenvalue weighted by Crippen LogP contribution is 2.24. The minimum Gasteiger partial charge on any atom is -0.355 e. The highest BCUT2D eigenvalue weighted by molar-refractivity contribution is 6.06. The Morgan fingerprint density at radius 1 is 0.700 bits per heavy atom. The normalized spacial score (nSPS) is 10.2. The second kappa shape index (κ2) is 5.57. The number of fused-ring (bicyclic) bond motifs is 3. The summed E-state index contributed by atoms with van der Waals surface area (Å²) < 4.78 is 0. The van der Waals surface area contributed by atoms with E-state index in [1.165, 1.54) is 21.8 Å². The molecule has 4 rings (SSSR count). The molecule has 0 amide bonds. The van der Waals surface area contributed by atoms with E-state index in [1.54, 1.807) is 6.20 Å². The van der Waals surface area contributed by atoms with Crippen LogP contribution in [-0.2, 0) is 0 Å². The van der Waals surface area contributed by atoms with Crippen LogP contribution in [-0.4, -0.2) is 9.97 Å². The maximum atomic E-state index is 3.98. The average molecular weight is 260 g/mol. The molecule has 2 aromatic heterocycles. The molecule has 0 saturated heterocycles. The van der Waals surface area contributed by atoms with E-state index in [0.717, 1.165) is 5.69 Å². The Morgan fingerprint density at radius 2 is 1.25 bits per heavy atom. The van der Waals surface area contributed by atoms with Crippen LogP contribution in [0.1, 0.15) is 5.69 Å². The Hall–Kier alpha value is -2.61. The summed E-state index contributed by atoms with van der Waals surface area (Å²) in [5, 5.41) is 2.61. The summed E-state index contributed by atoms with van der Waals surface area (Å²) in [4.78, 5) is 7.36. The highest BCUT2D eigenvalue weighted by atomic mass is 14.7. The van der Waals surface area contributed by atoms with Crippen molar-refractivity contribution >= 4 is 21.8 Å². The summed E-state index contributed by atoms with van der Waals surface area (Å²) in [5.41, 5.74) is 3.50. The number of aryl methyl sites for hydroxylation is 1. The first-order valence-corrected chi connectivity index (χ1v) is 6.68. The molecule has 0 spiro atoms. The number of H-pyrrole nitrogens is 1. The first-order valence-electron chi connectivity index (χ1n) is 6.68. The molecule has 2 aromatic carbocycles. The minimum absolute atomic E-state index is 1.07. The van der Waals surface area contributed by atoms with Crippen LogP contribution < -0.4 is 0 Å². The fourth-order valence-electron chi connectivity index (χ4n) is 2.25. The third kappa shape index (κ3) is 2.54. The molecule has 2 heteroatoms. The van der Waals surface area contributed by atoms with Gasteiger partial charge in [-0.1, -0.05) is 42.5 Å². The Morgan fingerprint density at radius 3 is 1.70 bits per heavy atom. The van der Waals surface area contributed by atoms with Gasteiger partial charge in [0.1, 0.15) is 0 Å². The van der Waals surface area contributed by atoms with Gasteiger partial charge in [-0.05, 0) is 31.2 Å². The molecule has 0 bridgehead atoms. The van der Waals surface area contributed by atoms with Gasteiger partial charge in [-0.3, -0.25) is 4.98 Å². The van der Waals surface area contributed by atoms with Crippen LogP contribution in [0.3, 0.4) is 0 Å². The van der Waals surface area contributed by atoms with Crippen LogP contribution in [0.4, 0.5) is 0 Å². The monoisotopic (exact) mass is 260 g/mol. The predicted octanol–water partition coefficient (Wildman–Crippen LogP) is 4.71. The second-order valence-electron chi connectivity index (χ2n) is 4.69. The summed E-state index contributed by atoms with van der Waals surface area (Å²) in [6.07, 6.45) is 1.79. The molecule has 1 N–H and O–H groups in total. The van der Waals surface area contributed by atoms with Crippen molar-refractivity contribution in [3.05, 3.63) is 78.6 Å². The number of hydrogen-bond donors (Lipinski definition) is 1. The van der Waals surface area contributed by atoms with Crippen LogP contribution in [0.5, 0.6) is 0 Å². The van der Waals surface area contributed by atoms with Gasteiger partial charge in [-0.15, -0.1) is 0 Å². The smallest absolute Gasteiger partial charge is 0.0464 e. The lowest BCUT2D eigenvalue weighted by Crippen LogP contribution is -1.72. The fourth-order valence-corrected chi connectivity index (χ4v) is 2.25. The number of aromatic nitrogens is 2. The summed E-state index contributed by atoms with van der Waals surface area (Å²) >= 11 is 0. The Kier molecular flexibility index (Phi) is 3.46. The summed E-state index contributed by atoms with van der Waals surface area (Å²) in [6.45, 7) is 1.97. The number of para-hydroxylation sites is 2. The molecule has 98 valence electrons. The Labute approximate surface area is 118 Å². The molecule has 4 aromatic rings. The van der Waals surface area contributed by atoms with Crippen LogP contribution in [0.2, 0.25) is 0 Å². The summed E-state index contributed by atoms with van der Waals surface area (Å²) in [6, 6.07) is 22.6.